The lowest BCUT2D eigenvalue weighted by molar-refractivity contribution is -0.206. The van der Waals surface area contributed by atoms with Crippen molar-refractivity contribution in [3.05, 3.63) is 106 Å². The van der Waals surface area contributed by atoms with E-state index in [2.05, 4.69) is 20.8 Å². The molecule has 13 heteroatoms. The van der Waals surface area contributed by atoms with Crippen LogP contribution in [-0.2, 0) is 19.3 Å². The second-order valence-electron chi connectivity index (χ2n) is 9.68. The third-order valence-corrected chi connectivity index (χ3v) is 6.46. The molecule has 3 aromatic rings. The summed E-state index contributed by atoms with van der Waals surface area (Å²) in [5, 5.41) is 52.7. The molecule has 0 bridgehead atoms. The number of nitrogens with two attached hydrogens (primary N) is 3. The highest BCUT2D eigenvalue weighted by Crippen LogP contribution is 2.07. The summed E-state index contributed by atoms with van der Waals surface area (Å²) in [6, 6.07) is 22.0. The molecule has 46 heavy (non-hydrogen) atoms. The molecule has 12 N–H and O–H groups in total. The summed E-state index contributed by atoms with van der Waals surface area (Å²) in [5.41, 5.74) is 20.6. The SMILES string of the molecule is CCc1ccc(C(N)=O)cc1.CCc1ccc(C(N)=O)cc1.CCc1ccc(C(N)=O)cc1.OCC(O)N(C(O)CO)C(O)CO. The van der Waals surface area contributed by atoms with Crippen LogP contribution >= 0.6 is 0 Å². The molecule has 0 radical (unpaired) electrons. The number of rotatable bonds is 12. The topological polar surface area (TPSA) is 254 Å². The van der Waals surface area contributed by atoms with E-state index >= 15 is 0 Å². The van der Waals surface area contributed by atoms with Crippen molar-refractivity contribution in [2.75, 3.05) is 19.8 Å². The van der Waals surface area contributed by atoms with Crippen molar-refractivity contribution in [2.45, 2.75) is 58.7 Å². The molecule has 0 heterocycles. The maximum absolute atomic E-state index is 10.6. The van der Waals surface area contributed by atoms with Gasteiger partial charge < -0.3 is 47.8 Å². The molecule has 3 amide bonds. The fourth-order valence-electron chi connectivity index (χ4n) is 3.59. The molecule has 3 unspecified atom stereocenters. The van der Waals surface area contributed by atoms with Gasteiger partial charge in [-0.15, -0.1) is 0 Å². The van der Waals surface area contributed by atoms with Gasteiger partial charge in [0, 0.05) is 16.7 Å². The lowest BCUT2D eigenvalue weighted by Crippen LogP contribution is -2.53. The molecule has 0 fully saturated rings. The van der Waals surface area contributed by atoms with Gasteiger partial charge in [0.2, 0.25) is 17.7 Å². The van der Waals surface area contributed by atoms with Crippen LogP contribution in [-0.4, -0.2) is 91.8 Å². The van der Waals surface area contributed by atoms with Gasteiger partial charge in [-0.05, 0) is 72.4 Å². The molecule has 0 aliphatic carbocycles. The van der Waals surface area contributed by atoms with Gasteiger partial charge in [-0.1, -0.05) is 57.2 Å². The first kappa shape index (κ1) is 41.8. The Balaban J connectivity index is 0.000000588. The minimum absolute atomic E-state index is 0.368. The third kappa shape index (κ3) is 15.7. The molecule has 0 saturated heterocycles. The summed E-state index contributed by atoms with van der Waals surface area (Å²) in [6.45, 7) is 4.02. The van der Waals surface area contributed by atoms with Crippen LogP contribution in [0.2, 0.25) is 0 Å². The smallest absolute Gasteiger partial charge is 0.248 e. The summed E-state index contributed by atoms with van der Waals surface area (Å²) in [5.74, 6) is -1.10. The number of aliphatic hydroxyl groups is 6. The van der Waals surface area contributed by atoms with E-state index in [-0.39, 0.29) is 17.7 Å². The zero-order valence-electron chi connectivity index (χ0n) is 26.5. The van der Waals surface area contributed by atoms with Crippen LogP contribution in [0.25, 0.3) is 0 Å². The monoisotopic (exact) mass is 644 g/mol. The van der Waals surface area contributed by atoms with E-state index in [0.29, 0.717) is 21.6 Å². The van der Waals surface area contributed by atoms with Gasteiger partial charge in [-0.3, -0.25) is 14.4 Å². The molecular weight excluding hydrogens is 596 g/mol. The van der Waals surface area contributed by atoms with E-state index in [9.17, 15) is 14.4 Å². The zero-order valence-corrected chi connectivity index (χ0v) is 26.5. The molecule has 13 nitrogen and oxygen atoms in total. The molecule has 254 valence electrons. The number of hydrogen-bond acceptors (Lipinski definition) is 10. The molecular formula is C33H48N4O9. The summed E-state index contributed by atoms with van der Waals surface area (Å²) >= 11 is 0. The number of aryl methyl sites for hydroxylation is 3. The molecule has 3 atom stereocenters. The van der Waals surface area contributed by atoms with Gasteiger partial charge in [-0.25, -0.2) is 4.90 Å². The number of benzene rings is 3. The Hall–Kier alpha value is -4.21. The van der Waals surface area contributed by atoms with E-state index in [0.717, 1.165) is 19.3 Å². The Labute approximate surface area is 269 Å². The maximum atomic E-state index is 10.6. The Bertz CT molecular complexity index is 1130. The fraction of sp³-hybridized carbons (Fsp3) is 0.364. The molecule has 0 saturated carbocycles. The predicted molar refractivity (Wildman–Crippen MR) is 174 cm³/mol. The summed E-state index contributed by atoms with van der Waals surface area (Å²) in [7, 11) is 0. The highest BCUT2D eigenvalue weighted by molar-refractivity contribution is 5.93. The minimum atomic E-state index is -1.54. The Morgan fingerprint density at radius 1 is 0.500 bits per heavy atom. The lowest BCUT2D eigenvalue weighted by atomic mass is 10.1. The quantitative estimate of drug-likeness (QED) is 0.122. The number of nitrogens with zero attached hydrogens (tertiary/aromatic N) is 1. The van der Waals surface area contributed by atoms with E-state index in [1.165, 1.54) is 16.7 Å². The van der Waals surface area contributed by atoms with E-state index < -0.39 is 38.5 Å². The second kappa shape index (κ2) is 23.2. The maximum Gasteiger partial charge on any atom is 0.248 e. The average Bonchev–Trinajstić information content (AvgIpc) is 3.08. The van der Waals surface area contributed by atoms with Crippen LogP contribution in [0.5, 0.6) is 0 Å². The number of carbonyl (C=O) groups is 3. The standard InChI is InChI=1S/3C9H11NO.C6H15NO6/c3*1-2-7-3-5-8(6-4-7)9(10)11;8-1-4(11)7(5(12)2-9)6(13)3-10/h3*3-6H,2H2,1H3,(H2,10,11);4-6,8-13H,1-3H2. The normalized spacial score (nSPS) is 12.1. The molecule has 3 rings (SSSR count). The highest BCUT2D eigenvalue weighted by atomic mass is 16.4. The number of primary amides is 3. The van der Waals surface area contributed by atoms with Crippen molar-refractivity contribution in [1.29, 1.82) is 0 Å². The second-order valence-corrected chi connectivity index (χ2v) is 9.68. The van der Waals surface area contributed by atoms with Gasteiger partial charge in [0.05, 0.1) is 19.8 Å². The van der Waals surface area contributed by atoms with Crippen molar-refractivity contribution >= 4 is 17.7 Å². The van der Waals surface area contributed by atoms with Gasteiger partial charge in [-0.2, -0.15) is 0 Å². The van der Waals surface area contributed by atoms with E-state index in [4.69, 9.17) is 47.8 Å². The van der Waals surface area contributed by atoms with Crippen LogP contribution in [0, 0.1) is 0 Å². The number of hydrogen-bond donors (Lipinski definition) is 9. The summed E-state index contributed by atoms with van der Waals surface area (Å²) in [4.78, 5) is 32.5. The predicted octanol–water partition coefficient (Wildman–Crippen LogP) is 0.264. The minimum Gasteiger partial charge on any atom is -0.392 e. The summed E-state index contributed by atoms with van der Waals surface area (Å²) in [6.07, 6.45) is -1.66. The van der Waals surface area contributed by atoms with Crippen LogP contribution < -0.4 is 17.2 Å². The van der Waals surface area contributed by atoms with Crippen molar-refractivity contribution in [3.8, 4) is 0 Å². The van der Waals surface area contributed by atoms with Crippen LogP contribution in [0.3, 0.4) is 0 Å². The average molecular weight is 645 g/mol. The van der Waals surface area contributed by atoms with Crippen molar-refractivity contribution < 1.29 is 45.0 Å². The largest absolute Gasteiger partial charge is 0.392 e. The van der Waals surface area contributed by atoms with Crippen molar-refractivity contribution in [1.82, 2.24) is 4.90 Å². The number of aliphatic hydroxyl groups excluding tert-OH is 6. The number of amides is 3. The molecule has 0 aliphatic heterocycles. The van der Waals surface area contributed by atoms with Crippen molar-refractivity contribution in [3.63, 3.8) is 0 Å². The fourth-order valence-corrected chi connectivity index (χ4v) is 3.59. The van der Waals surface area contributed by atoms with Gasteiger partial charge >= 0.3 is 0 Å². The molecule has 0 spiro atoms. The van der Waals surface area contributed by atoms with Gasteiger partial charge in [0.25, 0.3) is 0 Å². The highest BCUT2D eigenvalue weighted by Gasteiger charge is 2.28. The van der Waals surface area contributed by atoms with E-state index in [1.54, 1.807) is 36.4 Å². The van der Waals surface area contributed by atoms with Crippen molar-refractivity contribution in [2.24, 2.45) is 17.2 Å². The third-order valence-electron chi connectivity index (χ3n) is 6.46. The molecule has 3 aromatic carbocycles. The lowest BCUT2D eigenvalue weighted by Gasteiger charge is -2.33. The van der Waals surface area contributed by atoms with Crippen LogP contribution in [0.15, 0.2) is 72.8 Å². The van der Waals surface area contributed by atoms with Crippen LogP contribution in [0.1, 0.15) is 68.5 Å². The molecule has 0 aromatic heterocycles. The summed E-state index contributed by atoms with van der Waals surface area (Å²) < 4.78 is 0. The zero-order chi connectivity index (χ0) is 35.2. The number of carbonyl (C=O) groups excluding carboxylic acids is 3. The van der Waals surface area contributed by atoms with Gasteiger partial charge in [0.1, 0.15) is 18.7 Å². The first-order valence-corrected chi connectivity index (χ1v) is 14.6. The molecule has 0 aliphatic rings. The first-order valence-electron chi connectivity index (χ1n) is 14.6. The first-order chi connectivity index (χ1) is 21.8. The van der Waals surface area contributed by atoms with Gasteiger partial charge in [0.15, 0.2) is 0 Å². The van der Waals surface area contributed by atoms with E-state index in [1.807, 2.05) is 36.4 Å². The Morgan fingerprint density at radius 3 is 0.826 bits per heavy atom. The van der Waals surface area contributed by atoms with Crippen LogP contribution in [0.4, 0.5) is 0 Å². The Kier molecular flexibility index (Phi) is 21.1. The Morgan fingerprint density at radius 2 is 0.696 bits per heavy atom.